The molecule has 0 radical (unpaired) electrons. The highest BCUT2D eigenvalue weighted by atomic mass is 35.5. The molecule has 1 heterocycles. The van der Waals surface area contributed by atoms with Gasteiger partial charge in [-0.1, -0.05) is 41.4 Å². The van der Waals surface area contributed by atoms with Gasteiger partial charge in [-0.15, -0.1) is 11.8 Å². The van der Waals surface area contributed by atoms with Crippen LogP contribution >= 0.6 is 35.0 Å². The van der Waals surface area contributed by atoms with Crippen LogP contribution in [0.25, 0.3) is 0 Å². The summed E-state index contributed by atoms with van der Waals surface area (Å²) in [5.41, 5.74) is 1.33. The number of hydrogen-bond donors (Lipinski definition) is 1. The quantitative estimate of drug-likeness (QED) is 0.832. The average molecular weight is 367 g/mol. The predicted octanol–water partition coefficient (Wildman–Crippen LogP) is 4.07. The molecule has 3 rings (SSSR count). The fraction of sp³-hybridized carbons (Fsp3) is 0.125. The van der Waals surface area contributed by atoms with Gasteiger partial charge in [-0.2, -0.15) is 0 Å². The minimum atomic E-state index is -0.210. The van der Waals surface area contributed by atoms with Crippen LogP contribution in [0.3, 0.4) is 0 Å². The number of anilines is 2. The number of benzene rings is 2. The van der Waals surface area contributed by atoms with Crippen LogP contribution in [0, 0.1) is 0 Å². The summed E-state index contributed by atoms with van der Waals surface area (Å²) in [5.74, 6) is -0.239. The number of carbonyl (C=O) groups excluding carboxylic acids is 2. The largest absolute Gasteiger partial charge is 0.323 e. The summed E-state index contributed by atoms with van der Waals surface area (Å²) >= 11 is 13.5. The Hall–Kier alpha value is -1.69. The van der Waals surface area contributed by atoms with Gasteiger partial charge >= 0.3 is 0 Å². The predicted molar refractivity (Wildman–Crippen MR) is 94.6 cm³/mol. The first-order chi connectivity index (χ1) is 11.1. The van der Waals surface area contributed by atoms with Gasteiger partial charge in [0.05, 0.1) is 27.2 Å². The number of nitrogens with zero attached hydrogens (tertiary/aromatic N) is 1. The minimum Gasteiger partial charge on any atom is -0.323 e. The third-order valence-corrected chi connectivity index (χ3v) is 5.30. The summed E-state index contributed by atoms with van der Waals surface area (Å²) in [7, 11) is 0. The molecular formula is C16H12Cl2N2O2S. The van der Waals surface area contributed by atoms with E-state index < -0.39 is 0 Å². The number of thioether (sulfide) groups is 1. The van der Waals surface area contributed by atoms with E-state index in [1.807, 2.05) is 12.1 Å². The molecule has 2 aromatic carbocycles. The van der Waals surface area contributed by atoms with E-state index in [1.54, 1.807) is 30.3 Å². The second-order valence-corrected chi connectivity index (χ2v) is 6.68. The van der Waals surface area contributed by atoms with Crippen molar-refractivity contribution in [1.29, 1.82) is 0 Å². The van der Waals surface area contributed by atoms with Crippen LogP contribution in [-0.2, 0) is 9.59 Å². The normalized spacial score (nSPS) is 13.5. The maximum atomic E-state index is 12.5. The second kappa shape index (κ2) is 6.83. The van der Waals surface area contributed by atoms with Crippen LogP contribution in [0.5, 0.6) is 0 Å². The molecule has 0 spiro atoms. The zero-order valence-corrected chi connectivity index (χ0v) is 14.2. The smallest absolute Gasteiger partial charge is 0.244 e. The maximum absolute atomic E-state index is 12.5. The molecule has 0 saturated heterocycles. The molecule has 1 N–H and O–H groups in total. The fourth-order valence-electron chi connectivity index (χ4n) is 2.29. The Morgan fingerprint density at radius 1 is 1.13 bits per heavy atom. The van der Waals surface area contributed by atoms with E-state index in [9.17, 15) is 9.59 Å². The molecular weight excluding hydrogens is 355 g/mol. The Morgan fingerprint density at radius 2 is 1.83 bits per heavy atom. The molecule has 2 aromatic rings. The number of hydrogen-bond acceptors (Lipinski definition) is 3. The molecule has 1 aliphatic rings. The number of para-hydroxylation sites is 2. The fourth-order valence-corrected chi connectivity index (χ4v) is 3.85. The summed E-state index contributed by atoms with van der Waals surface area (Å²) < 4.78 is 0. The lowest BCUT2D eigenvalue weighted by molar-refractivity contribution is -0.120. The van der Waals surface area contributed by atoms with Crippen molar-refractivity contribution in [2.45, 2.75) is 4.90 Å². The van der Waals surface area contributed by atoms with Gasteiger partial charge in [0.1, 0.15) is 6.54 Å². The van der Waals surface area contributed by atoms with Gasteiger partial charge in [0.25, 0.3) is 0 Å². The molecule has 4 nitrogen and oxygen atoms in total. The monoisotopic (exact) mass is 366 g/mol. The lowest BCUT2D eigenvalue weighted by Gasteiger charge is -2.29. The van der Waals surface area contributed by atoms with Gasteiger partial charge in [0, 0.05) is 4.90 Å². The van der Waals surface area contributed by atoms with Crippen LogP contribution in [-0.4, -0.2) is 24.1 Å². The number of halogens is 2. The third kappa shape index (κ3) is 3.47. The molecule has 23 heavy (non-hydrogen) atoms. The highest BCUT2D eigenvalue weighted by Crippen LogP contribution is 2.35. The van der Waals surface area contributed by atoms with Crippen molar-refractivity contribution in [2.75, 3.05) is 22.5 Å². The third-order valence-electron chi connectivity index (χ3n) is 3.33. The number of fused-ring (bicyclic) bond motifs is 1. The molecule has 0 fully saturated rings. The van der Waals surface area contributed by atoms with E-state index in [0.29, 0.717) is 26.3 Å². The summed E-state index contributed by atoms with van der Waals surface area (Å²) in [5, 5.41) is 3.77. The van der Waals surface area contributed by atoms with Gasteiger partial charge in [-0.05, 0) is 24.3 Å². The summed E-state index contributed by atoms with van der Waals surface area (Å²) in [6.07, 6.45) is 0. The molecule has 0 aromatic heterocycles. The summed E-state index contributed by atoms with van der Waals surface area (Å²) in [4.78, 5) is 26.5. The van der Waals surface area contributed by atoms with Crippen molar-refractivity contribution in [3.05, 3.63) is 52.5 Å². The molecule has 1 aliphatic heterocycles. The number of amides is 2. The molecule has 0 bridgehead atoms. The zero-order valence-electron chi connectivity index (χ0n) is 11.9. The first kappa shape index (κ1) is 16.2. The minimum absolute atomic E-state index is 0.00661. The average Bonchev–Trinajstić information content (AvgIpc) is 2.53. The molecule has 118 valence electrons. The van der Waals surface area contributed by atoms with Crippen LogP contribution < -0.4 is 10.2 Å². The van der Waals surface area contributed by atoms with Crippen molar-refractivity contribution in [3.8, 4) is 0 Å². The van der Waals surface area contributed by atoms with Crippen molar-refractivity contribution in [3.63, 3.8) is 0 Å². The summed E-state index contributed by atoms with van der Waals surface area (Å²) in [6, 6.07) is 12.4. The molecule has 0 atom stereocenters. The first-order valence-corrected chi connectivity index (χ1v) is 8.56. The van der Waals surface area contributed by atoms with E-state index in [2.05, 4.69) is 5.32 Å². The Balaban J connectivity index is 1.78. The van der Waals surface area contributed by atoms with Crippen molar-refractivity contribution in [1.82, 2.24) is 0 Å². The molecule has 0 saturated carbocycles. The SMILES string of the molecule is O=C1CN(C(=O)CSc2c(Cl)cccc2Cl)c2ccccc2N1. The highest BCUT2D eigenvalue weighted by molar-refractivity contribution is 8.00. The van der Waals surface area contributed by atoms with Crippen LogP contribution in [0.15, 0.2) is 47.4 Å². The van der Waals surface area contributed by atoms with Gasteiger partial charge in [0.15, 0.2) is 0 Å². The Bertz CT molecular complexity index is 762. The van der Waals surface area contributed by atoms with Crippen LogP contribution in [0.2, 0.25) is 10.0 Å². The Kier molecular flexibility index (Phi) is 4.80. The molecule has 0 aliphatic carbocycles. The standard InChI is InChI=1S/C16H12Cl2N2O2S/c17-10-4-3-5-11(18)16(10)23-9-15(22)20-8-14(21)19-12-6-1-2-7-13(12)20/h1-7H,8-9H2,(H,19,21). The van der Waals surface area contributed by atoms with Crippen molar-refractivity contribution in [2.24, 2.45) is 0 Å². The maximum Gasteiger partial charge on any atom is 0.244 e. The van der Waals surface area contributed by atoms with Gasteiger partial charge in [-0.25, -0.2) is 0 Å². The lowest BCUT2D eigenvalue weighted by atomic mass is 10.2. The zero-order chi connectivity index (χ0) is 16.4. The van der Waals surface area contributed by atoms with Crippen molar-refractivity contribution < 1.29 is 9.59 Å². The second-order valence-electron chi connectivity index (χ2n) is 4.88. The van der Waals surface area contributed by atoms with Crippen LogP contribution in [0.1, 0.15) is 0 Å². The van der Waals surface area contributed by atoms with Crippen molar-refractivity contribution >= 4 is 58.2 Å². The Morgan fingerprint density at radius 3 is 2.57 bits per heavy atom. The first-order valence-electron chi connectivity index (χ1n) is 6.82. The number of carbonyl (C=O) groups is 2. The van der Waals surface area contributed by atoms with E-state index in [-0.39, 0.29) is 24.1 Å². The Labute approximate surface area is 147 Å². The summed E-state index contributed by atoms with van der Waals surface area (Å²) in [6.45, 7) is 0.00661. The van der Waals surface area contributed by atoms with E-state index in [4.69, 9.17) is 23.2 Å². The topological polar surface area (TPSA) is 49.4 Å². The highest BCUT2D eigenvalue weighted by Gasteiger charge is 2.26. The van der Waals surface area contributed by atoms with E-state index in [0.717, 1.165) is 0 Å². The number of rotatable bonds is 3. The lowest BCUT2D eigenvalue weighted by Crippen LogP contribution is -2.43. The van der Waals surface area contributed by atoms with Crippen LogP contribution in [0.4, 0.5) is 11.4 Å². The van der Waals surface area contributed by atoms with E-state index in [1.165, 1.54) is 16.7 Å². The molecule has 7 heteroatoms. The number of nitrogens with one attached hydrogen (secondary N) is 1. The van der Waals surface area contributed by atoms with Gasteiger partial charge in [0.2, 0.25) is 11.8 Å². The molecule has 2 amide bonds. The molecule has 0 unspecified atom stereocenters. The van der Waals surface area contributed by atoms with Gasteiger partial charge < -0.3 is 10.2 Å². The van der Waals surface area contributed by atoms with E-state index >= 15 is 0 Å². The van der Waals surface area contributed by atoms with Gasteiger partial charge in [-0.3, -0.25) is 9.59 Å².